The number of rotatable bonds is 4. The van der Waals surface area contributed by atoms with Gasteiger partial charge in [-0.3, -0.25) is 0 Å². The molecule has 1 heterocycles. The van der Waals surface area contributed by atoms with Crippen molar-refractivity contribution in [1.29, 1.82) is 0 Å². The van der Waals surface area contributed by atoms with Gasteiger partial charge in [-0.1, -0.05) is 24.6 Å². The van der Waals surface area contributed by atoms with Gasteiger partial charge < -0.3 is 9.73 Å². The number of benzene rings is 1. The van der Waals surface area contributed by atoms with E-state index in [-0.39, 0.29) is 0 Å². The van der Waals surface area contributed by atoms with Crippen LogP contribution in [0.2, 0.25) is 5.02 Å². The molecule has 0 spiro atoms. The van der Waals surface area contributed by atoms with Crippen LogP contribution in [0.25, 0.3) is 0 Å². The Hall–Kier alpha value is -0.930. The van der Waals surface area contributed by atoms with E-state index in [1.165, 1.54) is 0 Å². The van der Waals surface area contributed by atoms with E-state index in [1.807, 2.05) is 30.3 Å². The zero-order chi connectivity index (χ0) is 12.3. The van der Waals surface area contributed by atoms with Crippen molar-refractivity contribution >= 4 is 33.2 Å². The van der Waals surface area contributed by atoms with Crippen LogP contribution < -0.4 is 5.32 Å². The zero-order valence-electron chi connectivity index (χ0n) is 9.47. The molecular weight excluding hydrogens is 302 g/mol. The topological polar surface area (TPSA) is 25.2 Å². The van der Waals surface area contributed by atoms with Crippen molar-refractivity contribution in [2.75, 3.05) is 5.32 Å². The number of nitrogens with one attached hydrogen (secondary N) is 1. The van der Waals surface area contributed by atoms with Gasteiger partial charge in [-0.05, 0) is 40.2 Å². The van der Waals surface area contributed by atoms with Gasteiger partial charge in [-0.25, -0.2) is 0 Å². The van der Waals surface area contributed by atoms with Crippen molar-refractivity contribution in [2.24, 2.45) is 0 Å². The van der Waals surface area contributed by atoms with Crippen LogP contribution in [0.15, 0.2) is 39.2 Å². The third-order valence-corrected chi connectivity index (χ3v) is 3.87. The van der Waals surface area contributed by atoms with E-state index < -0.39 is 0 Å². The van der Waals surface area contributed by atoms with E-state index in [4.69, 9.17) is 16.0 Å². The first-order chi connectivity index (χ1) is 8.20. The van der Waals surface area contributed by atoms with Crippen LogP contribution >= 0.6 is 27.5 Å². The molecule has 0 unspecified atom stereocenters. The molecule has 2 rings (SSSR count). The normalized spacial score (nSPS) is 10.5. The predicted molar refractivity (Wildman–Crippen MR) is 74.6 cm³/mol. The molecule has 1 N–H and O–H groups in total. The smallest absolute Gasteiger partial charge is 0.123 e. The summed E-state index contributed by atoms with van der Waals surface area (Å²) < 4.78 is 6.49. The summed E-state index contributed by atoms with van der Waals surface area (Å²) in [6.45, 7) is 2.72. The molecule has 0 radical (unpaired) electrons. The first-order valence-electron chi connectivity index (χ1n) is 5.46. The standard InChI is InChI=1S/C13H13BrClNO/c1-2-9-6-7-10(17-9)8-16-12-5-3-4-11(15)13(12)14/h3-7,16H,2,8H2,1H3. The molecule has 1 aromatic heterocycles. The number of hydrogen-bond acceptors (Lipinski definition) is 2. The average molecular weight is 315 g/mol. The van der Waals surface area contributed by atoms with Gasteiger partial charge in [0.1, 0.15) is 11.5 Å². The molecule has 0 atom stereocenters. The lowest BCUT2D eigenvalue weighted by atomic mass is 10.3. The Morgan fingerprint density at radius 2 is 2.00 bits per heavy atom. The van der Waals surface area contributed by atoms with Gasteiger partial charge >= 0.3 is 0 Å². The molecule has 2 aromatic rings. The van der Waals surface area contributed by atoms with Crippen LogP contribution in [0.5, 0.6) is 0 Å². The van der Waals surface area contributed by atoms with Gasteiger partial charge in [0.2, 0.25) is 0 Å². The summed E-state index contributed by atoms with van der Waals surface area (Å²) >= 11 is 9.46. The van der Waals surface area contributed by atoms with Crippen LogP contribution in [-0.2, 0) is 13.0 Å². The third kappa shape index (κ3) is 3.05. The predicted octanol–water partition coefficient (Wildman–Crippen LogP) is 4.87. The first kappa shape index (κ1) is 12.5. The van der Waals surface area contributed by atoms with Crippen molar-refractivity contribution in [3.05, 3.63) is 51.3 Å². The summed E-state index contributed by atoms with van der Waals surface area (Å²) in [6, 6.07) is 9.72. The molecule has 0 amide bonds. The van der Waals surface area contributed by atoms with Gasteiger partial charge in [0.15, 0.2) is 0 Å². The van der Waals surface area contributed by atoms with E-state index in [0.29, 0.717) is 11.6 Å². The fourth-order valence-corrected chi connectivity index (χ4v) is 2.11. The van der Waals surface area contributed by atoms with Crippen molar-refractivity contribution in [1.82, 2.24) is 0 Å². The van der Waals surface area contributed by atoms with Crippen molar-refractivity contribution in [3.8, 4) is 0 Å². The average Bonchev–Trinajstić information content (AvgIpc) is 2.79. The van der Waals surface area contributed by atoms with Crippen LogP contribution in [0.1, 0.15) is 18.4 Å². The molecule has 90 valence electrons. The summed E-state index contributed by atoms with van der Waals surface area (Å²) in [5.74, 6) is 1.93. The molecule has 1 aromatic carbocycles. The number of aryl methyl sites for hydroxylation is 1. The SMILES string of the molecule is CCc1ccc(CNc2cccc(Cl)c2Br)o1. The zero-order valence-corrected chi connectivity index (χ0v) is 11.8. The highest BCUT2D eigenvalue weighted by molar-refractivity contribution is 9.10. The maximum Gasteiger partial charge on any atom is 0.123 e. The highest BCUT2D eigenvalue weighted by atomic mass is 79.9. The van der Waals surface area contributed by atoms with Gasteiger partial charge in [0, 0.05) is 6.42 Å². The van der Waals surface area contributed by atoms with Gasteiger partial charge in [0.25, 0.3) is 0 Å². The van der Waals surface area contributed by atoms with Crippen LogP contribution in [0, 0.1) is 0 Å². The van der Waals surface area contributed by atoms with E-state index in [2.05, 4.69) is 28.2 Å². The van der Waals surface area contributed by atoms with Crippen molar-refractivity contribution in [2.45, 2.75) is 19.9 Å². The van der Waals surface area contributed by atoms with E-state index >= 15 is 0 Å². The molecule has 17 heavy (non-hydrogen) atoms. The Bertz CT molecular complexity index is 510. The molecule has 0 fully saturated rings. The Morgan fingerprint density at radius 3 is 2.71 bits per heavy atom. The van der Waals surface area contributed by atoms with Gasteiger partial charge in [-0.15, -0.1) is 0 Å². The van der Waals surface area contributed by atoms with Gasteiger partial charge in [0.05, 0.1) is 21.7 Å². The Morgan fingerprint density at radius 1 is 1.24 bits per heavy atom. The first-order valence-corrected chi connectivity index (χ1v) is 6.63. The Balaban J connectivity index is 2.04. The van der Waals surface area contributed by atoms with E-state index in [9.17, 15) is 0 Å². The summed E-state index contributed by atoms with van der Waals surface area (Å²) in [4.78, 5) is 0. The lowest BCUT2D eigenvalue weighted by molar-refractivity contribution is 0.476. The van der Waals surface area contributed by atoms with E-state index in [1.54, 1.807) is 0 Å². The molecule has 0 bridgehead atoms. The number of anilines is 1. The second kappa shape index (κ2) is 5.61. The van der Waals surface area contributed by atoms with Crippen molar-refractivity contribution in [3.63, 3.8) is 0 Å². The van der Waals surface area contributed by atoms with Gasteiger partial charge in [-0.2, -0.15) is 0 Å². The lowest BCUT2D eigenvalue weighted by Crippen LogP contribution is -1.98. The quantitative estimate of drug-likeness (QED) is 0.871. The maximum atomic E-state index is 6.01. The minimum Gasteiger partial charge on any atom is -0.464 e. The minimum absolute atomic E-state index is 0.652. The molecule has 0 saturated heterocycles. The highest BCUT2D eigenvalue weighted by Gasteiger charge is 2.05. The highest BCUT2D eigenvalue weighted by Crippen LogP contribution is 2.30. The largest absolute Gasteiger partial charge is 0.464 e. The fraction of sp³-hybridized carbons (Fsp3) is 0.231. The molecule has 2 nitrogen and oxygen atoms in total. The minimum atomic E-state index is 0.652. The second-order valence-corrected chi connectivity index (χ2v) is 4.88. The monoisotopic (exact) mass is 313 g/mol. The molecule has 0 aliphatic carbocycles. The molecule has 0 aliphatic heterocycles. The molecule has 0 aliphatic rings. The van der Waals surface area contributed by atoms with Crippen molar-refractivity contribution < 1.29 is 4.42 Å². The molecule has 0 saturated carbocycles. The van der Waals surface area contributed by atoms with E-state index in [0.717, 1.165) is 28.1 Å². The summed E-state index contributed by atoms with van der Waals surface area (Å²) in [6.07, 6.45) is 0.918. The van der Waals surface area contributed by atoms with Crippen LogP contribution in [-0.4, -0.2) is 0 Å². The number of halogens is 2. The summed E-state index contributed by atoms with van der Waals surface area (Å²) in [7, 11) is 0. The Kier molecular flexibility index (Phi) is 4.13. The Labute approximate surface area is 114 Å². The summed E-state index contributed by atoms with van der Waals surface area (Å²) in [5.41, 5.74) is 0.965. The number of furan rings is 1. The summed E-state index contributed by atoms with van der Waals surface area (Å²) in [5, 5.41) is 3.98. The van der Waals surface area contributed by atoms with Crippen LogP contribution in [0.4, 0.5) is 5.69 Å². The second-order valence-electron chi connectivity index (χ2n) is 3.68. The molecule has 4 heteroatoms. The number of hydrogen-bond donors (Lipinski definition) is 1. The lowest BCUT2D eigenvalue weighted by Gasteiger charge is -2.07. The fourth-order valence-electron chi connectivity index (χ4n) is 1.53. The van der Waals surface area contributed by atoms with Crippen LogP contribution in [0.3, 0.4) is 0 Å². The maximum absolute atomic E-state index is 6.01. The molecular formula is C13H13BrClNO. The third-order valence-electron chi connectivity index (χ3n) is 2.47.